The molecule has 1 aliphatic carbocycles. The fourth-order valence-corrected chi connectivity index (χ4v) is 2.59. The highest BCUT2D eigenvalue weighted by atomic mass is 16.5. The fraction of sp³-hybridized carbons (Fsp3) is 0.833. The zero-order valence-corrected chi connectivity index (χ0v) is 8.81. The van der Waals surface area contributed by atoms with Crippen LogP contribution in [0, 0.1) is 5.92 Å². The number of hydrogen-bond acceptors (Lipinski definition) is 1. The average Bonchev–Trinajstić information content (AvgIpc) is 2.17. The minimum atomic E-state index is 0.562. The van der Waals surface area contributed by atoms with Crippen LogP contribution >= 0.6 is 0 Å². The third kappa shape index (κ3) is 1.90. The van der Waals surface area contributed by atoms with Gasteiger partial charge in [-0.3, -0.25) is 0 Å². The molecule has 0 bridgehead atoms. The molecule has 2 atom stereocenters. The Kier molecular flexibility index (Phi) is 2.61. The van der Waals surface area contributed by atoms with Crippen LogP contribution in [0.1, 0.15) is 52.4 Å². The predicted molar refractivity (Wildman–Crippen MR) is 54.4 cm³/mol. The Morgan fingerprint density at radius 2 is 1.92 bits per heavy atom. The van der Waals surface area contributed by atoms with E-state index in [0.717, 1.165) is 5.92 Å². The normalized spacial score (nSPS) is 33.5. The summed E-state index contributed by atoms with van der Waals surface area (Å²) in [5.41, 5.74) is 1.38. The molecule has 0 amide bonds. The molecule has 0 radical (unpaired) electrons. The van der Waals surface area contributed by atoms with E-state index in [4.69, 9.17) is 4.74 Å². The Labute approximate surface area is 81.2 Å². The summed E-state index contributed by atoms with van der Waals surface area (Å²) in [6.07, 6.45) is 8.61. The molecular weight excluding hydrogens is 160 g/mol. The molecule has 1 aliphatic heterocycles. The summed E-state index contributed by atoms with van der Waals surface area (Å²) in [4.78, 5) is 0. The lowest BCUT2D eigenvalue weighted by molar-refractivity contribution is -0.00384. The van der Waals surface area contributed by atoms with Gasteiger partial charge in [0, 0.05) is 6.42 Å². The Balaban J connectivity index is 2.03. The van der Waals surface area contributed by atoms with Gasteiger partial charge in [-0.2, -0.15) is 0 Å². The molecule has 1 saturated carbocycles. The van der Waals surface area contributed by atoms with E-state index in [1.807, 2.05) is 0 Å². The smallest absolute Gasteiger partial charge is 0.101 e. The molecule has 0 N–H and O–H groups in total. The zero-order chi connectivity index (χ0) is 9.26. The van der Waals surface area contributed by atoms with Crippen molar-refractivity contribution >= 4 is 0 Å². The second kappa shape index (κ2) is 3.73. The maximum absolute atomic E-state index is 6.03. The molecule has 1 heterocycles. The van der Waals surface area contributed by atoms with Gasteiger partial charge >= 0.3 is 0 Å². The molecule has 0 aromatic heterocycles. The van der Waals surface area contributed by atoms with Crippen molar-refractivity contribution in [2.75, 3.05) is 0 Å². The topological polar surface area (TPSA) is 9.23 Å². The van der Waals surface area contributed by atoms with Crippen LogP contribution in [0.5, 0.6) is 0 Å². The highest BCUT2D eigenvalue weighted by Crippen LogP contribution is 2.37. The molecule has 1 nitrogen and oxygen atoms in total. The van der Waals surface area contributed by atoms with E-state index in [2.05, 4.69) is 13.8 Å². The number of hydrogen-bond donors (Lipinski definition) is 0. The van der Waals surface area contributed by atoms with Crippen LogP contribution in [0.15, 0.2) is 11.3 Å². The molecule has 2 fully saturated rings. The van der Waals surface area contributed by atoms with Crippen molar-refractivity contribution in [3.8, 4) is 0 Å². The number of fused-ring (bicyclic) bond motifs is 1. The van der Waals surface area contributed by atoms with Crippen molar-refractivity contribution in [3.63, 3.8) is 0 Å². The molecule has 2 unspecified atom stereocenters. The molecule has 74 valence electrons. The Hall–Kier alpha value is -0.460. The molecule has 1 heteroatoms. The van der Waals surface area contributed by atoms with Crippen molar-refractivity contribution in [2.45, 2.75) is 58.5 Å². The summed E-state index contributed by atoms with van der Waals surface area (Å²) in [6.45, 7) is 4.33. The largest absolute Gasteiger partial charge is 0.495 e. The highest BCUT2D eigenvalue weighted by Gasteiger charge is 2.31. The standard InChI is InChI=1S/C12H20O/c1-9(2)11-8-7-10-5-3-4-6-12(10)13-11/h10,12H,3-8H2,1-2H3. The Bertz CT molecular complexity index is 213. The van der Waals surface area contributed by atoms with Gasteiger partial charge in [-0.05, 0) is 51.0 Å². The first kappa shape index (κ1) is 9.11. The van der Waals surface area contributed by atoms with Gasteiger partial charge in [0.1, 0.15) is 6.10 Å². The van der Waals surface area contributed by atoms with E-state index in [1.165, 1.54) is 49.9 Å². The van der Waals surface area contributed by atoms with E-state index in [0.29, 0.717) is 6.10 Å². The highest BCUT2D eigenvalue weighted by molar-refractivity contribution is 5.06. The molecule has 2 aliphatic rings. The first-order chi connectivity index (χ1) is 6.27. The van der Waals surface area contributed by atoms with Crippen molar-refractivity contribution in [2.24, 2.45) is 5.92 Å². The minimum absolute atomic E-state index is 0.562. The zero-order valence-electron chi connectivity index (χ0n) is 8.81. The van der Waals surface area contributed by atoms with Crippen molar-refractivity contribution in [3.05, 3.63) is 11.3 Å². The second-order valence-electron chi connectivity index (χ2n) is 4.66. The molecule has 0 aromatic carbocycles. The second-order valence-corrected chi connectivity index (χ2v) is 4.66. The van der Waals surface area contributed by atoms with Crippen LogP contribution < -0.4 is 0 Å². The van der Waals surface area contributed by atoms with Gasteiger partial charge in [-0.25, -0.2) is 0 Å². The van der Waals surface area contributed by atoms with Crippen LogP contribution in [-0.4, -0.2) is 6.10 Å². The Morgan fingerprint density at radius 3 is 2.69 bits per heavy atom. The lowest BCUT2D eigenvalue weighted by atomic mass is 9.81. The van der Waals surface area contributed by atoms with Crippen molar-refractivity contribution < 1.29 is 4.74 Å². The van der Waals surface area contributed by atoms with Gasteiger partial charge in [-0.15, -0.1) is 0 Å². The van der Waals surface area contributed by atoms with Gasteiger partial charge < -0.3 is 4.74 Å². The Morgan fingerprint density at radius 1 is 1.15 bits per heavy atom. The fourth-order valence-electron chi connectivity index (χ4n) is 2.59. The third-order valence-electron chi connectivity index (χ3n) is 3.43. The van der Waals surface area contributed by atoms with E-state index in [1.54, 1.807) is 0 Å². The van der Waals surface area contributed by atoms with Crippen LogP contribution in [0.3, 0.4) is 0 Å². The lowest BCUT2D eigenvalue weighted by Crippen LogP contribution is -2.31. The number of ether oxygens (including phenoxy) is 1. The first-order valence-electron chi connectivity index (χ1n) is 5.60. The summed E-state index contributed by atoms with van der Waals surface area (Å²) >= 11 is 0. The van der Waals surface area contributed by atoms with E-state index in [9.17, 15) is 0 Å². The predicted octanol–water partition coefficient (Wildman–Crippen LogP) is 3.65. The summed E-state index contributed by atoms with van der Waals surface area (Å²) in [7, 11) is 0. The monoisotopic (exact) mass is 180 g/mol. The van der Waals surface area contributed by atoms with Crippen LogP contribution in [0.4, 0.5) is 0 Å². The summed E-state index contributed by atoms with van der Waals surface area (Å²) < 4.78 is 6.03. The average molecular weight is 180 g/mol. The summed E-state index contributed by atoms with van der Waals surface area (Å²) in [5.74, 6) is 2.15. The van der Waals surface area contributed by atoms with Gasteiger partial charge in [-0.1, -0.05) is 6.42 Å². The minimum Gasteiger partial charge on any atom is -0.495 e. The van der Waals surface area contributed by atoms with Crippen LogP contribution in [0.2, 0.25) is 0 Å². The maximum Gasteiger partial charge on any atom is 0.101 e. The van der Waals surface area contributed by atoms with Crippen molar-refractivity contribution in [1.29, 1.82) is 0 Å². The van der Waals surface area contributed by atoms with Gasteiger partial charge in [0.2, 0.25) is 0 Å². The maximum atomic E-state index is 6.03. The molecule has 0 aromatic rings. The first-order valence-corrected chi connectivity index (χ1v) is 5.60. The molecule has 1 saturated heterocycles. The number of allylic oxidation sites excluding steroid dienone is 2. The van der Waals surface area contributed by atoms with E-state index >= 15 is 0 Å². The summed E-state index contributed by atoms with van der Waals surface area (Å²) in [5, 5.41) is 0. The summed E-state index contributed by atoms with van der Waals surface area (Å²) in [6, 6.07) is 0. The van der Waals surface area contributed by atoms with Gasteiger partial charge in [0.05, 0.1) is 5.76 Å². The molecule has 13 heavy (non-hydrogen) atoms. The van der Waals surface area contributed by atoms with E-state index in [-0.39, 0.29) is 0 Å². The van der Waals surface area contributed by atoms with Crippen molar-refractivity contribution in [1.82, 2.24) is 0 Å². The number of rotatable bonds is 0. The SMILES string of the molecule is CC(C)=C1CCC2CCCCC2O1. The van der Waals surface area contributed by atoms with Gasteiger partial charge in [0.15, 0.2) is 0 Å². The van der Waals surface area contributed by atoms with E-state index < -0.39 is 0 Å². The lowest BCUT2D eigenvalue weighted by Gasteiger charge is -2.37. The van der Waals surface area contributed by atoms with Gasteiger partial charge in [0.25, 0.3) is 0 Å². The molecule has 0 spiro atoms. The quantitative estimate of drug-likeness (QED) is 0.553. The van der Waals surface area contributed by atoms with Crippen LogP contribution in [0.25, 0.3) is 0 Å². The third-order valence-corrected chi connectivity index (χ3v) is 3.43. The van der Waals surface area contributed by atoms with Crippen LogP contribution in [-0.2, 0) is 4.74 Å². The molecule has 2 rings (SSSR count). The molecular formula is C12H20O.